The summed E-state index contributed by atoms with van der Waals surface area (Å²) >= 11 is 3.15. The van der Waals surface area contributed by atoms with Crippen molar-refractivity contribution in [1.82, 2.24) is 4.57 Å². The molecule has 1 aromatic heterocycles. The Morgan fingerprint density at radius 3 is 2.30 bits per heavy atom. The number of rotatable bonds is 3. The maximum Gasteiger partial charge on any atom is 0.416 e. The molecule has 1 heterocycles. The van der Waals surface area contributed by atoms with Crippen LogP contribution in [0.1, 0.15) is 37.9 Å². The van der Waals surface area contributed by atoms with Crippen LogP contribution in [0, 0.1) is 5.82 Å². The summed E-state index contributed by atoms with van der Waals surface area (Å²) in [5, 5.41) is 0. The molecular formula is C18H16BrF4NO3. The number of aromatic nitrogens is 1. The van der Waals surface area contributed by atoms with Crippen molar-refractivity contribution >= 4 is 21.9 Å². The lowest BCUT2D eigenvalue weighted by atomic mass is 10.0. The van der Waals surface area contributed by atoms with Crippen LogP contribution in [0.25, 0.3) is 0 Å². The van der Waals surface area contributed by atoms with Crippen molar-refractivity contribution in [1.29, 1.82) is 0 Å². The number of benzene rings is 1. The third-order valence-corrected chi connectivity index (χ3v) is 3.93. The van der Waals surface area contributed by atoms with Gasteiger partial charge in [0.1, 0.15) is 11.4 Å². The van der Waals surface area contributed by atoms with Gasteiger partial charge in [0.05, 0.1) is 5.56 Å². The molecule has 27 heavy (non-hydrogen) atoms. The SMILES string of the molecule is CC(C)(C)OC(=O)C(c1cc(Br)ccc1F)n1ccc(C(F)(F)F)cc1=O. The smallest absolute Gasteiger partial charge is 0.416 e. The van der Waals surface area contributed by atoms with E-state index in [4.69, 9.17) is 4.74 Å². The Morgan fingerprint density at radius 2 is 1.78 bits per heavy atom. The van der Waals surface area contributed by atoms with Crippen LogP contribution in [0.2, 0.25) is 0 Å². The Labute approximate surface area is 160 Å². The van der Waals surface area contributed by atoms with Gasteiger partial charge in [0.2, 0.25) is 0 Å². The lowest BCUT2D eigenvalue weighted by Crippen LogP contribution is -2.36. The van der Waals surface area contributed by atoms with E-state index in [1.807, 2.05) is 0 Å². The molecule has 2 aromatic rings. The topological polar surface area (TPSA) is 48.3 Å². The Morgan fingerprint density at radius 1 is 1.15 bits per heavy atom. The van der Waals surface area contributed by atoms with Gasteiger partial charge in [0, 0.05) is 22.3 Å². The highest BCUT2D eigenvalue weighted by Crippen LogP contribution is 2.30. The molecule has 2 rings (SSSR count). The average molecular weight is 450 g/mol. The lowest BCUT2D eigenvalue weighted by Gasteiger charge is -2.26. The van der Waals surface area contributed by atoms with Crippen molar-refractivity contribution in [2.24, 2.45) is 0 Å². The van der Waals surface area contributed by atoms with E-state index >= 15 is 0 Å². The van der Waals surface area contributed by atoms with Crippen LogP contribution in [0.3, 0.4) is 0 Å². The van der Waals surface area contributed by atoms with E-state index in [0.717, 1.165) is 12.3 Å². The number of alkyl halides is 3. The fourth-order valence-corrected chi connectivity index (χ4v) is 2.73. The minimum atomic E-state index is -4.72. The highest BCUT2D eigenvalue weighted by Gasteiger charge is 2.34. The largest absolute Gasteiger partial charge is 0.458 e. The van der Waals surface area contributed by atoms with Crippen LogP contribution in [0.15, 0.2) is 45.8 Å². The predicted molar refractivity (Wildman–Crippen MR) is 93.8 cm³/mol. The highest BCUT2D eigenvalue weighted by atomic mass is 79.9. The number of esters is 1. The van der Waals surface area contributed by atoms with Crippen molar-refractivity contribution in [3.8, 4) is 0 Å². The van der Waals surface area contributed by atoms with Gasteiger partial charge in [-0.1, -0.05) is 15.9 Å². The fourth-order valence-electron chi connectivity index (χ4n) is 2.35. The second kappa shape index (κ2) is 7.46. The molecule has 0 bridgehead atoms. The Kier molecular flexibility index (Phi) is 5.84. The number of hydrogen-bond acceptors (Lipinski definition) is 3. The standard InChI is InChI=1S/C18H16BrF4NO3/c1-17(2,3)27-16(26)15(12-9-11(19)4-5-13(12)20)24-7-6-10(8-14(24)25)18(21,22)23/h4-9,15H,1-3H3. The molecule has 0 amide bonds. The van der Waals surface area contributed by atoms with Gasteiger partial charge >= 0.3 is 12.1 Å². The summed E-state index contributed by atoms with van der Waals surface area (Å²) in [5.41, 5.74) is -3.44. The molecule has 9 heteroatoms. The van der Waals surface area contributed by atoms with Crippen LogP contribution in [-0.2, 0) is 15.7 Å². The van der Waals surface area contributed by atoms with Gasteiger partial charge in [-0.3, -0.25) is 9.36 Å². The van der Waals surface area contributed by atoms with E-state index in [0.29, 0.717) is 21.2 Å². The number of carbonyl (C=O) groups excluding carboxylic acids is 1. The number of hydrogen-bond donors (Lipinski definition) is 0. The average Bonchev–Trinajstić information content (AvgIpc) is 2.49. The van der Waals surface area contributed by atoms with Gasteiger partial charge in [0.25, 0.3) is 5.56 Å². The molecule has 0 saturated heterocycles. The van der Waals surface area contributed by atoms with Crippen LogP contribution in [-0.4, -0.2) is 16.1 Å². The van der Waals surface area contributed by atoms with E-state index < -0.39 is 40.7 Å². The number of ether oxygens (including phenoxy) is 1. The van der Waals surface area contributed by atoms with Gasteiger partial charge in [-0.15, -0.1) is 0 Å². The van der Waals surface area contributed by atoms with Crippen molar-refractivity contribution in [3.05, 3.63) is 68.3 Å². The predicted octanol–water partition coefficient (Wildman–Crippen LogP) is 4.70. The van der Waals surface area contributed by atoms with E-state index in [9.17, 15) is 27.2 Å². The van der Waals surface area contributed by atoms with Crippen LogP contribution in [0.5, 0.6) is 0 Å². The highest BCUT2D eigenvalue weighted by molar-refractivity contribution is 9.10. The summed E-state index contributed by atoms with van der Waals surface area (Å²) in [6.45, 7) is 4.73. The molecule has 0 spiro atoms. The first-order valence-electron chi connectivity index (χ1n) is 7.77. The van der Waals surface area contributed by atoms with E-state index in [1.54, 1.807) is 20.8 Å². The Bertz CT molecular complexity index is 916. The zero-order chi connectivity index (χ0) is 20.6. The first-order chi connectivity index (χ1) is 12.3. The first-order valence-corrected chi connectivity index (χ1v) is 8.56. The van der Waals surface area contributed by atoms with Crippen molar-refractivity contribution in [2.45, 2.75) is 38.6 Å². The molecule has 0 radical (unpaired) electrons. The summed E-state index contributed by atoms with van der Waals surface area (Å²) in [4.78, 5) is 25.0. The molecule has 0 aliphatic carbocycles. The minimum absolute atomic E-state index is 0.208. The maximum atomic E-state index is 14.4. The molecule has 4 nitrogen and oxygen atoms in total. The van der Waals surface area contributed by atoms with Gasteiger partial charge < -0.3 is 4.74 Å². The second-order valence-corrected chi connectivity index (χ2v) is 7.68. The fraction of sp³-hybridized carbons (Fsp3) is 0.333. The summed E-state index contributed by atoms with van der Waals surface area (Å²) < 4.78 is 59.2. The number of carbonyl (C=O) groups is 1. The molecule has 0 aliphatic rings. The van der Waals surface area contributed by atoms with Gasteiger partial charge in [-0.05, 0) is 45.0 Å². The van der Waals surface area contributed by atoms with Crippen molar-refractivity contribution in [3.63, 3.8) is 0 Å². The monoisotopic (exact) mass is 449 g/mol. The quantitative estimate of drug-likeness (QED) is 0.503. The zero-order valence-electron chi connectivity index (χ0n) is 14.6. The van der Waals surface area contributed by atoms with Gasteiger partial charge in [-0.2, -0.15) is 13.2 Å². The van der Waals surface area contributed by atoms with E-state index in [1.165, 1.54) is 12.1 Å². The summed E-state index contributed by atoms with van der Waals surface area (Å²) in [6, 6.07) is 3.15. The molecule has 1 aromatic carbocycles. The molecule has 0 aliphatic heterocycles. The molecule has 146 valence electrons. The number of halogens is 5. The molecule has 1 unspecified atom stereocenters. The van der Waals surface area contributed by atoms with Crippen molar-refractivity contribution in [2.75, 3.05) is 0 Å². The Hall–Kier alpha value is -2.16. The van der Waals surface area contributed by atoms with E-state index in [-0.39, 0.29) is 5.56 Å². The third-order valence-electron chi connectivity index (χ3n) is 3.44. The van der Waals surface area contributed by atoms with Gasteiger partial charge in [-0.25, -0.2) is 9.18 Å². The van der Waals surface area contributed by atoms with Crippen molar-refractivity contribution < 1.29 is 27.1 Å². The van der Waals surface area contributed by atoms with E-state index in [2.05, 4.69) is 15.9 Å². The summed E-state index contributed by atoms with van der Waals surface area (Å²) in [7, 11) is 0. The third kappa shape index (κ3) is 5.18. The second-order valence-electron chi connectivity index (χ2n) is 6.76. The molecular weight excluding hydrogens is 434 g/mol. The van der Waals surface area contributed by atoms with Crippen LogP contribution in [0.4, 0.5) is 17.6 Å². The van der Waals surface area contributed by atoms with Gasteiger partial charge in [0.15, 0.2) is 6.04 Å². The normalized spacial score (nSPS) is 13.3. The van der Waals surface area contributed by atoms with Crippen LogP contribution < -0.4 is 5.56 Å². The maximum absolute atomic E-state index is 14.4. The molecule has 0 fully saturated rings. The number of nitrogens with zero attached hydrogens (tertiary/aromatic N) is 1. The zero-order valence-corrected chi connectivity index (χ0v) is 16.2. The Balaban J connectivity index is 2.65. The molecule has 0 saturated carbocycles. The van der Waals surface area contributed by atoms with Crippen LogP contribution >= 0.6 is 15.9 Å². The lowest BCUT2D eigenvalue weighted by molar-refractivity contribution is -0.157. The molecule has 0 N–H and O–H groups in total. The summed E-state index contributed by atoms with van der Waals surface area (Å²) in [6.07, 6.45) is -3.92. The number of pyridine rings is 1. The molecule has 1 atom stereocenters. The summed E-state index contributed by atoms with van der Waals surface area (Å²) in [5.74, 6) is -1.78. The first kappa shape index (κ1) is 21.1. The minimum Gasteiger partial charge on any atom is -0.458 e.